The van der Waals surface area contributed by atoms with Gasteiger partial charge in [-0.15, -0.1) is 0 Å². The normalized spacial score (nSPS) is 12.9. The van der Waals surface area contributed by atoms with Gasteiger partial charge in [-0.05, 0) is 13.8 Å². The van der Waals surface area contributed by atoms with Crippen LogP contribution in [0.5, 0.6) is 0 Å². The highest BCUT2D eigenvalue weighted by Gasteiger charge is 2.04. The molecule has 1 atom stereocenters. The number of aliphatic hydroxyl groups excluding tert-OH is 1. The first kappa shape index (κ1) is 7.43. The molecular formula is C5H10NO2. The fourth-order valence-corrected chi connectivity index (χ4v) is 0.292. The Kier molecular flexibility index (Phi) is 3.19. The van der Waals surface area contributed by atoms with Crippen molar-refractivity contribution in [3.63, 3.8) is 0 Å². The Morgan fingerprint density at radius 1 is 2.00 bits per heavy atom. The zero-order valence-electron chi connectivity index (χ0n) is 4.85. The first-order chi connectivity index (χ1) is 3.68. The predicted octanol–water partition coefficient (Wildman–Crippen LogP) is -0.683. The number of rotatable bonds is 2. The van der Waals surface area contributed by atoms with E-state index < -0.39 is 12.0 Å². The smallest absolute Gasteiger partial charge is 0.248 e. The molecule has 1 amide bonds. The van der Waals surface area contributed by atoms with E-state index in [-0.39, 0.29) is 0 Å². The molecule has 0 aromatic heterocycles. The molecule has 0 bridgehead atoms. The predicted molar refractivity (Wildman–Crippen MR) is 30.0 cm³/mol. The van der Waals surface area contributed by atoms with Crippen molar-refractivity contribution in [3.05, 3.63) is 6.92 Å². The van der Waals surface area contributed by atoms with Crippen LogP contribution in [0.4, 0.5) is 0 Å². The number of likely N-dealkylation sites (N-methyl/N-ethyl adjacent to an activating group) is 1. The van der Waals surface area contributed by atoms with Crippen molar-refractivity contribution in [1.82, 2.24) is 5.32 Å². The van der Waals surface area contributed by atoms with Gasteiger partial charge in [-0.3, -0.25) is 4.79 Å². The molecule has 3 nitrogen and oxygen atoms in total. The van der Waals surface area contributed by atoms with Crippen LogP contribution >= 0.6 is 0 Å². The molecule has 2 N–H and O–H groups in total. The lowest BCUT2D eigenvalue weighted by atomic mass is 10.4. The second-order valence-corrected chi connectivity index (χ2v) is 1.41. The van der Waals surface area contributed by atoms with E-state index in [4.69, 9.17) is 5.11 Å². The van der Waals surface area contributed by atoms with Gasteiger partial charge in [0.25, 0.3) is 0 Å². The summed E-state index contributed by atoms with van der Waals surface area (Å²) in [6.45, 7) is 5.41. The fourth-order valence-electron chi connectivity index (χ4n) is 0.292. The number of carbonyl (C=O) groups is 1. The van der Waals surface area contributed by atoms with E-state index in [1.807, 2.05) is 0 Å². The Morgan fingerprint density at radius 3 is 2.62 bits per heavy atom. The van der Waals surface area contributed by atoms with Crippen molar-refractivity contribution < 1.29 is 9.90 Å². The Labute approximate surface area is 48.7 Å². The summed E-state index contributed by atoms with van der Waals surface area (Å²) in [6.07, 6.45) is -1.13. The number of amides is 1. The molecule has 0 spiro atoms. The molecule has 0 aliphatic heterocycles. The van der Waals surface area contributed by atoms with E-state index in [1.165, 1.54) is 0 Å². The first-order valence-electron chi connectivity index (χ1n) is 2.47. The standard InChI is InChI=1S/C5H10NO2/c1-3-6-5(8)4(2)7/h4,7H,2-3H2,1H3,(H,6,8). The molecule has 0 saturated heterocycles. The van der Waals surface area contributed by atoms with Gasteiger partial charge in [-0.2, -0.15) is 0 Å². The molecule has 0 aromatic rings. The van der Waals surface area contributed by atoms with Crippen LogP contribution in [0, 0.1) is 6.92 Å². The molecule has 0 aliphatic rings. The molecule has 1 radical (unpaired) electrons. The van der Waals surface area contributed by atoms with Gasteiger partial charge in [0.2, 0.25) is 5.91 Å². The average molecular weight is 116 g/mol. The summed E-state index contributed by atoms with van der Waals surface area (Å²) in [5.74, 6) is -0.424. The highest BCUT2D eigenvalue weighted by Crippen LogP contribution is 1.75. The highest BCUT2D eigenvalue weighted by molar-refractivity contribution is 5.80. The lowest BCUT2D eigenvalue weighted by Gasteiger charge is -2.01. The molecule has 0 rings (SSSR count). The van der Waals surface area contributed by atoms with Gasteiger partial charge in [0.15, 0.2) is 0 Å². The third-order valence-electron chi connectivity index (χ3n) is 0.654. The number of carbonyl (C=O) groups excluding carboxylic acids is 1. The molecule has 0 aliphatic carbocycles. The summed E-state index contributed by atoms with van der Waals surface area (Å²) in [7, 11) is 0. The van der Waals surface area contributed by atoms with Gasteiger partial charge in [0.1, 0.15) is 6.10 Å². The quantitative estimate of drug-likeness (QED) is 0.502. The summed E-state index contributed by atoms with van der Waals surface area (Å²) in [4.78, 5) is 10.3. The topological polar surface area (TPSA) is 49.3 Å². The van der Waals surface area contributed by atoms with Crippen molar-refractivity contribution in [1.29, 1.82) is 0 Å². The minimum atomic E-state index is -1.13. The van der Waals surface area contributed by atoms with Crippen LogP contribution < -0.4 is 5.32 Å². The van der Waals surface area contributed by atoms with Crippen molar-refractivity contribution in [2.24, 2.45) is 0 Å². The van der Waals surface area contributed by atoms with Gasteiger partial charge < -0.3 is 10.4 Å². The molecule has 0 fully saturated rings. The Bertz CT molecular complexity index is 80.5. The van der Waals surface area contributed by atoms with E-state index in [1.54, 1.807) is 6.92 Å². The van der Waals surface area contributed by atoms with Gasteiger partial charge in [-0.25, -0.2) is 0 Å². The summed E-state index contributed by atoms with van der Waals surface area (Å²) in [6, 6.07) is 0. The lowest BCUT2D eigenvalue weighted by molar-refractivity contribution is -0.127. The van der Waals surface area contributed by atoms with Crippen LogP contribution in [0.15, 0.2) is 0 Å². The van der Waals surface area contributed by atoms with Crippen LogP contribution in [0.3, 0.4) is 0 Å². The second-order valence-electron chi connectivity index (χ2n) is 1.41. The Morgan fingerprint density at radius 2 is 2.50 bits per heavy atom. The van der Waals surface area contributed by atoms with E-state index >= 15 is 0 Å². The molecule has 0 heterocycles. The maximum Gasteiger partial charge on any atom is 0.248 e. The third kappa shape index (κ3) is 2.58. The summed E-state index contributed by atoms with van der Waals surface area (Å²) < 4.78 is 0. The SMILES string of the molecule is [CH2]C(O)C(=O)NCC. The monoisotopic (exact) mass is 116 g/mol. The summed E-state index contributed by atoms with van der Waals surface area (Å²) in [5, 5.41) is 10.8. The Hall–Kier alpha value is -0.570. The van der Waals surface area contributed by atoms with E-state index in [0.717, 1.165) is 0 Å². The second kappa shape index (κ2) is 3.43. The minimum absolute atomic E-state index is 0.424. The molecule has 47 valence electrons. The largest absolute Gasteiger partial charge is 0.383 e. The van der Waals surface area contributed by atoms with Gasteiger partial charge >= 0.3 is 0 Å². The van der Waals surface area contributed by atoms with Gasteiger partial charge in [-0.1, -0.05) is 0 Å². The van der Waals surface area contributed by atoms with E-state index in [9.17, 15) is 4.79 Å². The molecule has 0 saturated carbocycles. The fraction of sp³-hybridized carbons (Fsp3) is 0.600. The number of hydrogen-bond acceptors (Lipinski definition) is 2. The third-order valence-corrected chi connectivity index (χ3v) is 0.654. The van der Waals surface area contributed by atoms with E-state index in [2.05, 4.69) is 12.2 Å². The zero-order valence-corrected chi connectivity index (χ0v) is 4.85. The van der Waals surface area contributed by atoms with Crippen LogP contribution in [0.2, 0.25) is 0 Å². The Balaban J connectivity index is 3.33. The first-order valence-corrected chi connectivity index (χ1v) is 2.47. The van der Waals surface area contributed by atoms with Crippen molar-refractivity contribution in [2.45, 2.75) is 13.0 Å². The minimum Gasteiger partial charge on any atom is -0.383 e. The molecular weight excluding hydrogens is 106 g/mol. The maximum atomic E-state index is 10.3. The molecule has 0 aromatic carbocycles. The van der Waals surface area contributed by atoms with Gasteiger partial charge in [0, 0.05) is 6.54 Å². The lowest BCUT2D eigenvalue weighted by Crippen LogP contribution is -2.32. The summed E-state index contributed by atoms with van der Waals surface area (Å²) in [5.41, 5.74) is 0. The zero-order chi connectivity index (χ0) is 6.57. The average Bonchev–Trinajstić information content (AvgIpc) is 1.67. The van der Waals surface area contributed by atoms with Crippen molar-refractivity contribution in [2.75, 3.05) is 6.54 Å². The number of aliphatic hydroxyl groups is 1. The van der Waals surface area contributed by atoms with Crippen LogP contribution in [-0.2, 0) is 4.79 Å². The van der Waals surface area contributed by atoms with Gasteiger partial charge in [0.05, 0.1) is 0 Å². The highest BCUT2D eigenvalue weighted by atomic mass is 16.3. The van der Waals surface area contributed by atoms with E-state index in [0.29, 0.717) is 6.54 Å². The number of nitrogens with one attached hydrogen (secondary N) is 1. The van der Waals surface area contributed by atoms with Crippen LogP contribution in [0.25, 0.3) is 0 Å². The molecule has 3 heteroatoms. The molecule has 8 heavy (non-hydrogen) atoms. The van der Waals surface area contributed by atoms with Crippen LogP contribution in [0.1, 0.15) is 6.92 Å². The van der Waals surface area contributed by atoms with Crippen molar-refractivity contribution >= 4 is 5.91 Å². The number of hydrogen-bond donors (Lipinski definition) is 2. The maximum absolute atomic E-state index is 10.3. The van der Waals surface area contributed by atoms with Crippen LogP contribution in [-0.4, -0.2) is 23.7 Å². The molecule has 1 unspecified atom stereocenters. The summed E-state index contributed by atoms with van der Waals surface area (Å²) >= 11 is 0. The van der Waals surface area contributed by atoms with Crippen molar-refractivity contribution in [3.8, 4) is 0 Å².